The highest BCUT2D eigenvalue weighted by atomic mass is 16.5. The van der Waals surface area contributed by atoms with Crippen LogP contribution in [0.15, 0.2) is 4.52 Å². The van der Waals surface area contributed by atoms with E-state index < -0.39 is 0 Å². The molecule has 0 aliphatic carbocycles. The number of amides is 1. The molecule has 0 aromatic carbocycles. The Bertz CT molecular complexity index is 352. The molecular weight excluding hydrogens is 206 g/mol. The van der Waals surface area contributed by atoms with Crippen LogP contribution < -0.4 is 5.32 Å². The van der Waals surface area contributed by atoms with Gasteiger partial charge >= 0.3 is 0 Å². The number of rotatable bonds is 4. The maximum Gasteiger partial charge on any atom is 0.256 e. The smallest absolute Gasteiger partial charge is 0.256 e. The number of hydrogen-bond acceptors (Lipinski definition) is 4. The number of likely N-dealkylation sites (N-methyl/N-ethyl adjacent to an activating group) is 1. The van der Waals surface area contributed by atoms with Crippen molar-refractivity contribution in [1.29, 1.82) is 0 Å². The summed E-state index contributed by atoms with van der Waals surface area (Å²) in [6.07, 6.45) is 0. The van der Waals surface area contributed by atoms with Crippen molar-refractivity contribution in [1.82, 2.24) is 15.4 Å². The second-order valence-corrected chi connectivity index (χ2v) is 4.22. The Labute approximate surface area is 95.8 Å². The molecular formula is C11H19N3O2. The van der Waals surface area contributed by atoms with Gasteiger partial charge < -0.3 is 14.7 Å². The zero-order valence-electron chi connectivity index (χ0n) is 10.5. The van der Waals surface area contributed by atoms with Crippen LogP contribution in [-0.4, -0.2) is 42.6 Å². The molecule has 5 nitrogen and oxygen atoms in total. The van der Waals surface area contributed by atoms with Crippen molar-refractivity contribution in [3.63, 3.8) is 0 Å². The first-order chi connectivity index (χ1) is 7.43. The van der Waals surface area contributed by atoms with Gasteiger partial charge in [0, 0.05) is 12.6 Å². The van der Waals surface area contributed by atoms with Crippen molar-refractivity contribution >= 4 is 5.91 Å². The third-order valence-electron chi connectivity index (χ3n) is 2.70. The monoisotopic (exact) mass is 225 g/mol. The topological polar surface area (TPSA) is 58.4 Å². The molecule has 0 spiro atoms. The first-order valence-electron chi connectivity index (χ1n) is 5.31. The minimum atomic E-state index is -0.120. The van der Waals surface area contributed by atoms with Gasteiger partial charge in [-0.3, -0.25) is 4.79 Å². The van der Waals surface area contributed by atoms with Crippen LogP contribution in [0.3, 0.4) is 0 Å². The highest BCUT2D eigenvalue weighted by Crippen LogP contribution is 2.11. The third-order valence-corrected chi connectivity index (χ3v) is 2.70. The van der Waals surface area contributed by atoms with Gasteiger partial charge in [0.25, 0.3) is 5.91 Å². The lowest BCUT2D eigenvalue weighted by molar-refractivity contribution is 0.0941. The molecule has 0 fully saturated rings. The van der Waals surface area contributed by atoms with Crippen LogP contribution in [0.2, 0.25) is 0 Å². The molecule has 0 saturated carbocycles. The Morgan fingerprint density at radius 3 is 2.56 bits per heavy atom. The summed E-state index contributed by atoms with van der Waals surface area (Å²) < 4.78 is 4.95. The number of nitrogens with zero attached hydrogens (tertiary/aromatic N) is 2. The molecule has 0 bridgehead atoms. The van der Waals surface area contributed by atoms with Crippen molar-refractivity contribution in [2.75, 3.05) is 20.6 Å². The van der Waals surface area contributed by atoms with Crippen molar-refractivity contribution in [3.05, 3.63) is 17.0 Å². The number of carbonyl (C=O) groups is 1. The van der Waals surface area contributed by atoms with Gasteiger partial charge in [0.15, 0.2) is 0 Å². The van der Waals surface area contributed by atoms with E-state index in [9.17, 15) is 4.79 Å². The van der Waals surface area contributed by atoms with E-state index in [0.717, 1.165) is 0 Å². The third kappa shape index (κ3) is 2.82. The Balaban J connectivity index is 2.60. The van der Waals surface area contributed by atoms with Crippen LogP contribution in [0.4, 0.5) is 0 Å². The molecule has 90 valence electrons. The van der Waals surface area contributed by atoms with E-state index in [0.29, 0.717) is 29.6 Å². The normalized spacial score (nSPS) is 12.9. The molecule has 1 rings (SSSR count). The molecule has 1 atom stereocenters. The van der Waals surface area contributed by atoms with Gasteiger partial charge in [0.05, 0.1) is 5.69 Å². The minimum Gasteiger partial charge on any atom is -0.361 e. The SMILES string of the molecule is Cc1noc(C)c1C(=O)NCC(C)N(C)C. The largest absolute Gasteiger partial charge is 0.361 e. The van der Waals surface area contributed by atoms with Crippen molar-refractivity contribution in [2.24, 2.45) is 0 Å². The predicted octanol–water partition coefficient (Wildman–Crippen LogP) is 0.971. The molecule has 0 saturated heterocycles. The van der Waals surface area contributed by atoms with Gasteiger partial charge in [-0.05, 0) is 34.9 Å². The fourth-order valence-corrected chi connectivity index (χ4v) is 1.32. The molecule has 0 aliphatic rings. The van der Waals surface area contributed by atoms with E-state index >= 15 is 0 Å². The van der Waals surface area contributed by atoms with E-state index in [1.54, 1.807) is 13.8 Å². The fourth-order valence-electron chi connectivity index (χ4n) is 1.32. The summed E-state index contributed by atoms with van der Waals surface area (Å²) >= 11 is 0. The van der Waals surface area contributed by atoms with Gasteiger partial charge in [-0.15, -0.1) is 0 Å². The number of aryl methyl sites for hydroxylation is 2. The van der Waals surface area contributed by atoms with E-state index in [-0.39, 0.29) is 5.91 Å². The first-order valence-corrected chi connectivity index (χ1v) is 5.31. The maximum absolute atomic E-state index is 11.8. The first kappa shape index (κ1) is 12.7. The summed E-state index contributed by atoms with van der Waals surface area (Å²) in [5.74, 6) is 0.442. The molecule has 1 heterocycles. The second-order valence-electron chi connectivity index (χ2n) is 4.22. The zero-order valence-corrected chi connectivity index (χ0v) is 10.5. The predicted molar refractivity (Wildman–Crippen MR) is 61.5 cm³/mol. The van der Waals surface area contributed by atoms with Crippen LogP contribution in [-0.2, 0) is 0 Å². The summed E-state index contributed by atoms with van der Waals surface area (Å²) in [5.41, 5.74) is 1.18. The van der Waals surface area contributed by atoms with E-state index in [1.165, 1.54) is 0 Å². The number of carbonyl (C=O) groups excluding carboxylic acids is 1. The number of aromatic nitrogens is 1. The molecule has 0 radical (unpaired) electrons. The molecule has 5 heteroatoms. The zero-order chi connectivity index (χ0) is 12.3. The Morgan fingerprint density at radius 1 is 1.50 bits per heavy atom. The van der Waals surface area contributed by atoms with E-state index in [1.807, 2.05) is 25.9 Å². The van der Waals surface area contributed by atoms with Crippen molar-refractivity contribution in [2.45, 2.75) is 26.8 Å². The molecule has 1 amide bonds. The van der Waals surface area contributed by atoms with E-state index in [2.05, 4.69) is 10.5 Å². The van der Waals surface area contributed by atoms with Gasteiger partial charge in [0.1, 0.15) is 11.3 Å². The van der Waals surface area contributed by atoms with Gasteiger partial charge in [-0.2, -0.15) is 0 Å². The van der Waals surface area contributed by atoms with E-state index in [4.69, 9.17) is 4.52 Å². The van der Waals surface area contributed by atoms with Gasteiger partial charge in [0.2, 0.25) is 0 Å². The number of nitrogens with one attached hydrogen (secondary N) is 1. The summed E-state index contributed by atoms with van der Waals surface area (Å²) in [6.45, 7) is 6.16. The maximum atomic E-state index is 11.8. The summed E-state index contributed by atoms with van der Waals surface area (Å²) in [4.78, 5) is 13.9. The lowest BCUT2D eigenvalue weighted by atomic mass is 10.2. The molecule has 0 aliphatic heterocycles. The average molecular weight is 225 g/mol. The van der Waals surface area contributed by atoms with Gasteiger partial charge in [-0.1, -0.05) is 5.16 Å². The van der Waals surface area contributed by atoms with Crippen LogP contribution >= 0.6 is 0 Å². The second kappa shape index (κ2) is 5.12. The molecule has 1 unspecified atom stereocenters. The Kier molecular flexibility index (Phi) is 4.06. The summed E-state index contributed by atoms with van der Waals surface area (Å²) in [6, 6.07) is 0.296. The molecule has 16 heavy (non-hydrogen) atoms. The van der Waals surface area contributed by atoms with Gasteiger partial charge in [-0.25, -0.2) is 0 Å². The lowest BCUT2D eigenvalue weighted by Gasteiger charge is -2.19. The highest BCUT2D eigenvalue weighted by Gasteiger charge is 2.17. The quantitative estimate of drug-likeness (QED) is 0.829. The minimum absolute atomic E-state index is 0.120. The van der Waals surface area contributed by atoms with Crippen molar-refractivity contribution < 1.29 is 9.32 Å². The Morgan fingerprint density at radius 2 is 2.12 bits per heavy atom. The lowest BCUT2D eigenvalue weighted by Crippen LogP contribution is -2.38. The van der Waals surface area contributed by atoms with Crippen LogP contribution in [0.1, 0.15) is 28.7 Å². The molecule has 1 aromatic rings. The molecule has 1 N–H and O–H groups in total. The van der Waals surface area contributed by atoms with Crippen molar-refractivity contribution in [3.8, 4) is 0 Å². The summed E-state index contributed by atoms with van der Waals surface area (Å²) in [7, 11) is 3.96. The highest BCUT2D eigenvalue weighted by molar-refractivity contribution is 5.96. The standard InChI is InChI=1S/C11H19N3O2/c1-7(14(4)5)6-12-11(15)10-8(2)13-16-9(10)3/h7H,6H2,1-5H3,(H,12,15). The molecule has 1 aromatic heterocycles. The summed E-state index contributed by atoms with van der Waals surface area (Å²) in [5, 5.41) is 6.62. The van der Waals surface area contributed by atoms with Crippen LogP contribution in [0.5, 0.6) is 0 Å². The number of hydrogen-bond donors (Lipinski definition) is 1. The van der Waals surface area contributed by atoms with Crippen LogP contribution in [0.25, 0.3) is 0 Å². The Hall–Kier alpha value is -1.36. The fraction of sp³-hybridized carbons (Fsp3) is 0.636. The average Bonchev–Trinajstić information content (AvgIpc) is 2.54. The van der Waals surface area contributed by atoms with Crippen LogP contribution in [0, 0.1) is 13.8 Å².